The Balaban J connectivity index is 2.28. The van der Waals surface area contributed by atoms with Crippen molar-refractivity contribution in [2.75, 3.05) is 26.4 Å². The highest BCUT2D eigenvalue weighted by molar-refractivity contribution is 7.47. The van der Waals surface area contributed by atoms with Crippen molar-refractivity contribution in [2.24, 2.45) is 0 Å². The molecule has 0 aliphatic carbocycles. The van der Waals surface area contributed by atoms with Gasteiger partial charge in [-0.1, -0.05) is 115 Å². The Morgan fingerprint density at radius 1 is 0.673 bits per heavy atom. The molecule has 1 aliphatic rings. The van der Waals surface area contributed by atoms with Crippen LogP contribution < -0.4 is 0 Å². The Morgan fingerprint density at radius 3 is 1.81 bits per heavy atom. The molecule has 11 nitrogen and oxygen atoms in total. The third-order valence-corrected chi connectivity index (χ3v) is 9.95. The van der Waals surface area contributed by atoms with Crippen molar-refractivity contribution in [3.05, 3.63) is 24.3 Å². The number of carbonyl (C=O) groups is 2. The van der Waals surface area contributed by atoms with E-state index in [2.05, 4.69) is 42.7 Å². The van der Waals surface area contributed by atoms with Crippen LogP contribution in [0.5, 0.6) is 0 Å². The second-order valence-electron chi connectivity index (χ2n) is 14.0. The van der Waals surface area contributed by atoms with E-state index in [1.807, 2.05) is 0 Å². The topological polar surface area (TPSA) is 161 Å². The smallest absolute Gasteiger partial charge is 0.462 e. The van der Waals surface area contributed by atoms with E-state index in [-0.39, 0.29) is 19.4 Å². The average molecular weight is 761 g/mol. The SMILES string of the molecule is CCCCCC/C=C\CCCCCCCC(=O)OC[C@H](COP(=O)(O)OC[C@@H](O)CO)OC(=O)CCCCCCC/C=C\CC1OC1CCCCC. The number of hydrogen-bond donors (Lipinski definition) is 3. The number of carbonyl (C=O) groups excluding carboxylic acids is 2. The standard InChI is InChI=1S/C40H73O11P/c1-3-5-7-8-9-10-11-12-13-14-18-21-25-29-39(43)47-33-36(34-49-52(45,46)48-32-35(42)31-41)50-40(44)30-26-22-19-16-15-17-20-24-28-38-37(51-38)27-23-6-4-2/h10-11,20,24,35-38,41-42H,3-9,12-19,21-23,25-34H2,1-2H3,(H,45,46)/b11-10-,24-20-/t35-,36+,37?,38?/m0/s1. The van der Waals surface area contributed by atoms with Crippen molar-refractivity contribution in [1.82, 2.24) is 0 Å². The molecule has 0 amide bonds. The van der Waals surface area contributed by atoms with Crippen molar-refractivity contribution in [2.45, 2.75) is 192 Å². The van der Waals surface area contributed by atoms with E-state index in [4.69, 9.17) is 23.8 Å². The van der Waals surface area contributed by atoms with Crippen molar-refractivity contribution in [1.29, 1.82) is 0 Å². The summed E-state index contributed by atoms with van der Waals surface area (Å²) in [6.07, 6.45) is 31.7. The minimum atomic E-state index is -4.62. The molecule has 304 valence electrons. The Morgan fingerprint density at radius 2 is 1.19 bits per heavy atom. The zero-order valence-electron chi connectivity index (χ0n) is 32.5. The highest BCUT2D eigenvalue weighted by atomic mass is 31.2. The van der Waals surface area contributed by atoms with E-state index in [1.165, 1.54) is 51.4 Å². The molecule has 0 radical (unpaired) electrons. The first-order valence-corrected chi connectivity index (χ1v) is 21.9. The normalized spacial score (nSPS) is 18.1. The molecule has 0 spiro atoms. The highest BCUT2D eigenvalue weighted by Crippen LogP contribution is 2.43. The summed E-state index contributed by atoms with van der Waals surface area (Å²) in [5.74, 6) is -0.956. The third kappa shape index (κ3) is 29.8. The molecule has 0 aromatic heterocycles. The van der Waals surface area contributed by atoms with Gasteiger partial charge in [0.25, 0.3) is 0 Å². The summed E-state index contributed by atoms with van der Waals surface area (Å²) in [4.78, 5) is 34.9. The van der Waals surface area contributed by atoms with Crippen LogP contribution in [0.15, 0.2) is 24.3 Å². The van der Waals surface area contributed by atoms with Gasteiger partial charge >= 0.3 is 19.8 Å². The largest absolute Gasteiger partial charge is 0.472 e. The molecule has 12 heteroatoms. The lowest BCUT2D eigenvalue weighted by molar-refractivity contribution is -0.161. The van der Waals surface area contributed by atoms with Gasteiger partial charge in [0, 0.05) is 12.8 Å². The zero-order chi connectivity index (χ0) is 38.1. The molecule has 0 bridgehead atoms. The molecule has 3 unspecified atom stereocenters. The maximum Gasteiger partial charge on any atom is 0.472 e. The average Bonchev–Trinajstić information content (AvgIpc) is 3.88. The van der Waals surface area contributed by atoms with E-state index < -0.39 is 51.8 Å². The van der Waals surface area contributed by atoms with Crippen molar-refractivity contribution >= 4 is 19.8 Å². The van der Waals surface area contributed by atoms with E-state index in [0.29, 0.717) is 25.0 Å². The van der Waals surface area contributed by atoms with Crippen LogP contribution in [0.3, 0.4) is 0 Å². The van der Waals surface area contributed by atoms with Gasteiger partial charge in [-0.15, -0.1) is 0 Å². The van der Waals surface area contributed by atoms with Gasteiger partial charge in [0.1, 0.15) is 12.7 Å². The second-order valence-corrected chi connectivity index (χ2v) is 15.5. The molecule has 52 heavy (non-hydrogen) atoms. The number of phosphoric ester groups is 1. The third-order valence-electron chi connectivity index (χ3n) is 9.00. The predicted octanol–water partition coefficient (Wildman–Crippen LogP) is 9.21. The van der Waals surface area contributed by atoms with Crippen molar-refractivity contribution in [3.63, 3.8) is 0 Å². The van der Waals surface area contributed by atoms with Crippen LogP contribution in [0, 0.1) is 0 Å². The number of allylic oxidation sites excluding steroid dienone is 3. The first-order valence-electron chi connectivity index (χ1n) is 20.4. The molecule has 1 rings (SSSR count). The van der Waals surface area contributed by atoms with Gasteiger partial charge in [-0.05, 0) is 64.2 Å². The number of ether oxygens (including phenoxy) is 3. The van der Waals surface area contributed by atoms with E-state index in [1.54, 1.807) is 0 Å². The fourth-order valence-corrected chi connectivity index (χ4v) is 6.49. The lowest BCUT2D eigenvalue weighted by atomic mass is 10.1. The lowest BCUT2D eigenvalue weighted by Gasteiger charge is -2.20. The fourth-order valence-electron chi connectivity index (χ4n) is 5.70. The summed E-state index contributed by atoms with van der Waals surface area (Å²) in [6.45, 7) is 2.29. The number of epoxide rings is 1. The summed E-state index contributed by atoms with van der Waals surface area (Å²) in [7, 11) is -4.62. The van der Waals surface area contributed by atoms with Crippen LogP contribution in [-0.4, -0.2) is 77.9 Å². The van der Waals surface area contributed by atoms with Crippen molar-refractivity contribution in [3.8, 4) is 0 Å². The summed E-state index contributed by atoms with van der Waals surface area (Å²) < 4.78 is 38.4. The van der Waals surface area contributed by atoms with Gasteiger partial charge in [-0.25, -0.2) is 4.57 Å². The number of aliphatic hydroxyl groups is 2. The van der Waals surface area contributed by atoms with Crippen LogP contribution in [0.2, 0.25) is 0 Å². The summed E-state index contributed by atoms with van der Waals surface area (Å²) in [5.41, 5.74) is 0. The molecule has 1 heterocycles. The predicted molar refractivity (Wildman–Crippen MR) is 205 cm³/mol. The molecule has 5 atom stereocenters. The number of esters is 2. The monoisotopic (exact) mass is 760 g/mol. The summed E-state index contributed by atoms with van der Waals surface area (Å²) >= 11 is 0. The lowest BCUT2D eigenvalue weighted by Crippen LogP contribution is -2.29. The van der Waals surface area contributed by atoms with Crippen LogP contribution in [0.25, 0.3) is 0 Å². The molecular formula is C40H73O11P. The molecule has 0 saturated carbocycles. The Labute approximate surface area is 314 Å². The fraction of sp³-hybridized carbons (Fsp3) is 0.850. The van der Waals surface area contributed by atoms with Gasteiger partial charge in [-0.2, -0.15) is 0 Å². The Hall–Kier alpha value is -1.59. The van der Waals surface area contributed by atoms with Gasteiger partial charge in [-0.3, -0.25) is 18.6 Å². The van der Waals surface area contributed by atoms with Crippen molar-refractivity contribution < 1.29 is 52.5 Å². The van der Waals surface area contributed by atoms with E-state index in [9.17, 15) is 24.2 Å². The Bertz CT molecular complexity index is 989. The van der Waals surface area contributed by atoms with Gasteiger partial charge in [0.15, 0.2) is 6.10 Å². The molecule has 0 aromatic carbocycles. The Kier molecular flexibility index (Phi) is 30.6. The molecular weight excluding hydrogens is 687 g/mol. The van der Waals surface area contributed by atoms with Gasteiger partial charge in [0.05, 0.1) is 32.0 Å². The first kappa shape index (κ1) is 48.4. The van der Waals surface area contributed by atoms with E-state index >= 15 is 0 Å². The van der Waals surface area contributed by atoms with Gasteiger partial charge < -0.3 is 29.3 Å². The van der Waals surface area contributed by atoms with Gasteiger partial charge in [0.2, 0.25) is 0 Å². The van der Waals surface area contributed by atoms with Crippen LogP contribution in [0.1, 0.15) is 168 Å². The maximum atomic E-state index is 12.6. The number of unbranched alkanes of at least 4 members (excludes halogenated alkanes) is 16. The quantitative estimate of drug-likeness (QED) is 0.0182. The number of phosphoric acid groups is 1. The minimum absolute atomic E-state index is 0.163. The van der Waals surface area contributed by atoms with Crippen LogP contribution >= 0.6 is 7.82 Å². The van der Waals surface area contributed by atoms with E-state index in [0.717, 1.165) is 77.0 Å². The zero-order valence-corrected chi connectivity index (χ0v) is 33.4. The number of rotatable bonds is 37. The van der Waals surface area contributed by atoms with Crippen LogP contribution in [-0.2, 0) is 37.4 Å². The van der Waals surface area contributed by atoms with Crippen LogP contribution in [0.4, 0.5) is 0 Å². The summed E-state index contributed by atoms with van der Waals surface area (Å²) in [6, 6.07) is 0. The highest BCUT2D eigenvalue weighted by Gasteiger charge is 2.36. The molecule has 0 aromatic rings. The summed E-state index contributed by atoms with van der Waals surface area (Å²) in [5, 5.41) is 18.3. The molecule has 1 aliphatic heterocycles. The minimum Gasteiger partial charge on any atom is -0.462 e. The number of hydrogen-bond acceptors (Lipinski definition) is 10. The number of aliphatic hydroxyl groups excluding tert-OH is 2. The maximum absolute atomic E-state index is 12.6. The molecule has 3 N–H and O–H groups in total. The second kappa shape index (κ2) is 32.8. The molecule has 1 fully saturated rings. The first-order chi connectivity index (χ1) is 25.2. The molecule has 1 saturated heterocycles.